The van der Waals surface area contributed by atoms with Crippen LogP contribution in [-0.4, -0.2) is 34.0 Å². The van der Waals surface area contributed by atoms with Gasteiger partial charge in [-0.1, -0.05) is 63.9 Å². The van der Waals surface area contributed by atoms with Crippen LogP contribution in [0.4, 0.5) is 0 Å². The maximum absolute atomic E-state index is 13.0. The van der Waals surface area contributed by atoms with Gasteiger partial charge in [0.25, 0.3) is 0 Å². The van der Waals surface area contributed by atoms with Crippen LogP contribution in [0.1, 0.15) is 54.8 Å². The summed E-state index contributed by atoms with van der Waals surface area (Å²) in [5.41, 5.74) is 4.61. The number of hydrogen-bond donors (Lipinski definition) is 1. The fourth-order valence-corrected chi connectivity index (χ4v) is 4.91. The summed E-state index contributed by atoms with van der Waals surface area (Å²) in [6, 6.07) is 14.4. The minimum absolute atomic E-state index is 0.0426. The molecule has 3 aromatic rings. The SMILES string of the molecule is CCC(NC(=O)C1CCN(Cc2nc(-c3cccc(Br)c3)no2)CC1)c1ccc(C)cc1C. The van der Waals surface area contributed by atoms with Gasteiger partial charge in [0, 0.05) is 16.0 Å². The van der Waals surface area contributed by atoms with Crippen LogP contribution in [0.3, 0.4) is 0 Å². The molecule has 0 bridgehead atoms. The third kappa shape index (κ3) is 5.89. The number of rotatable bonds is 7. The van der Waals surface area contributed by atoms with Gasteiger partial charge in [0.15, 0.2) is 0 Å². The molecule has 6 nitrogen and oxygen atoms in total. The molecule has 4 rings (SSSR count). The highest BCUT2D eigenvalue weighted by Gasteiger charge is 2.27. The summed E-state index contributed by atoms with van der Waals surface area (Å²) in [5, 5.41) is 7.42. The molecule has 2 aromatic carbocycles. The van der Waals surface area contributed by atoms with Gasteiger partial charge >= 0.3 is 0 Å². The average Bonchev–Trinajstić information content (AvgIpc) is 3.27. The summed E-state index contributed by atoms with van der Waals surface area (Å²) in [5.74, 6) is 1.41. The van der Waals surface area contributed by atoms with Crippen LogP contribution in [0, 0.1) is 19.8 Å². The van der Waals surface area contributed by atoms with Gasteiger partial charge in [0.2, 0.25) is 17.6 Å². The van der Waals surface area contributed by atoms with E-state index in [4.69, 9.17) is 4.52 Å². The van der Waals surface area contributed by atoms with Crippen molar-refractivity contribution in [3.8, 4) is 11.4 Å². The van der Waals surface area contributed by atoms with Crippen molar-refractivity contribution in [2.24, 2.45) is 5.92 Å². The van der Waals surface area contributed by atoms with Crippen molar-refractivity contribution in [2.75, 3.05) is 13.1 Å². The molecule has 1 fully saturated rings. The molecular weight excluding hydrogens is 480 g/mol. The summed E-state index contributed by atoms with van der Waals surface area (Å²) in [6.45, 7) is 8.63. The van der Waals surface area contributed by atoms with E-state index in [1.54, 1.807) is 0 Å². The van der Waals surface area contributed by atoms with E-state index < -0.39 is 0 Å². The average molecular weight is 511 g/mol. The molecule has 1 unspecified atom stereocenters. The van der Waals surface area contributed by atoms with Gasteiger partial charge in [0.1, 0.15) is 0 Å². The number of likely N-dealkylation sites (tertiary alicyclic amines) is 1. The van der Waals surface area contributed by atoms with Gasteiger partial charge < -0.3 is 9.84 Å². The lowest BCUT2D eigenvalue weighted by Gasteiger charge is -2.31. The quantitative estimate of drug-likeness (QED) is 0.448. The highest BCUT2D eigenvalue weighted by atomic mass is 79.9. The monoisotopic (exact) mass is 510 g/mol. The smallest absolute Gasteiger partial charge is 0.241 e. The molecule has 1 atom stereocenters. The minimum Gasteiger partial charge on any atom is -0.349 e. The first kappa shape index (κ1) is 23.6. The standard InChI is InChI=1S/C26H31BrN4O2/c1-4-23(22-9-8-17(2)14-18(22)3)28-26(32)19-10-12-31(13-11-19)16-24-29-25(30-33-24)20-6-5-7-21(27)15-20/h5-9,14-15,19,23H,4,10-13,16H2,1-3H3,(H,28,32). The Morgan fingerprint density at radius 3 is 2.70 bits per heavy atom. The topological polar surface area (TPSA) is 71.3 Å². The number of halogens is 1. The summed E-state index contributed by atoms with van der Waals surface area (Å²) < 4.78 is 6.46. The lowest BCUT2D eigenvalue weighted by molar-refractivity contribution is -0.127. The van der Waals surface area contributed by atoms with E-state index in [0.717, 1.165) is 42.4 Å². The lowest BCUT2D eigenvalue weighted by atomic mass is 9.93. The number of amides is 1. The summed E-state index contributed by atoms with van der Waals surface area (Å²) >= 11 is 3.47. The van der Waals surface area contributed by atoms with E-state index in [9.17, 15) is 4.79 Å². The Morgan fingerprint density at radius 1 is 1.21 bits per heavy atom. The molecular formula is C26H31BrN4O2. The van der Waals surface area contributed by atoms with Gasteiger partial charge in [-0.15, -0.1) is 0 Å². The second-order valence-corrected chi connectivity index (χ2v) is 9.82. The Balaban J connectivity index is 1.30. The molecule has 2 heterocycles. The van der Waals surface area contributed by atoms with Gasteiger partial charge in [0.05, 0.1) is 12.6 Å². The predicted molar refractivity (Wildman–Crippen MR) is 133 cm³/mol. The van der Waals surface area contributed by atoms with Gasteiger partial charge in [-0.25, -0.2) is 0 Å². The fourth-order valence-electron chi connectivity index (χ4n) is 4.51. The largest absolute Gasteiger partial charge is 0.349 e. The summed E-state index contributed by atoms with van der Waals surface area (Å²) in [4.78, 5) is 19.8. The highest BCUT2D eigenvalue weighted by molar-refractivity contribution is 9.10. The van der Waals surface area contributed by atoms with Crippen LogP contribution in [0.15, 0.2) is 51.5 Å². The van der Waals surface area contributed by atoms with Crippen LogP contribution in [0.25, 0.3) is 11.4 Å². The van der Waals surface area contributed by atoms with E-state index in [1.165, 1.54) is 16.7 Å². The fraction of sp³-hybridized carbons (Fsp3) is 0.423. The van der Waals surface area contributed by atoms with E-state index in [-0.39, 0.29) is 17.9 Å². The van der Waals surface area contributed by atoms with E-state index in [1.807, 2.05) is 24.3 Å². The van der Waals surface area contributed by atoms with Crippen LogP contribution in [-0.2, 0) is 11.3 Å². The van der Waals surface area contributed by atoms with E-state index >= 15 is 0 Å². The Morgan fingerprint density at radius 2 is 2.00 bits per heavy atom. The van der Waals surface area contributed by atoms with Crippen molar-refractivity contribution in [3.63, 3.8) is 0 Å². The van der Waals surface area contributed by atoms with Crippen LogP contribution < -0.4 is 5.32 Å². The molecule has 0 saturated carbocycles. The highest BCUT2D eigenvalue weighted by Crippen LogP contribution is 2.25. The Bertz CT molecular complexity index is 1110. The molecule has 33 heavy (non-hydrogen) atoms. The van der Waals surface area contributed by atoms with Crippen molar-refractivity contribution < 1.29 is 9.32 Å². The third-order valence-electron chi connectivity index (χ3n) is 6.39. The molecule has 0 spiro atoms. The number of carbonyl (C=O) groups is 1. The number of nitrogens with one attached hydrogen (secondary N) is 1. The number of benzene rings is 2. The zero-order valence-electron chi connectivity index (χ0n) is 19.5. The zero-order valence-corrected chi connectivity index (χ0v) is 21.1. The maximum atomic E-state index is 13.0. The summed E-state index contributed by atoms with van der Waals surface area (Å²) in [7, 11) is 0. The van der Waals surface area contributed by atoms with Crippen molar-refractivity contribution >= 4 is 21.8 Å². The second kappa shape index (κ2) is 10.6. The Kier molecular flexibility index (Phi) is 7.60. The number of carbonyl (C=O) groups excluding carboxylic acids is 1. The first-order valence-corrected chi connectivity index (χ1v) is 12.4. The first-order chi connectivity index (χ1) is 15.9. The number of aromatic nitrogens is 2. The molecule has 0 radical (unpaired) electrons. The lowest BCUT2D eigenvalue weighted by Crippen LogP contribution is -2.41. The van der Waals surface area contributed by atoms with Crippen molar-refractivity contribution in [3.05, 3.63) is 69.5 Å². The molecule has 1 aromatic heterocycles. The van der Waals surface area contributed by atoms with Gasteiger partial charge in [-0.2, -0.15) is 4.98 Å². The normalized spacial score (nSPS) is 16.0. The zero-order chi connectivity index (χ0) is 23.4. The number of nitrogens with zero attached hydrogens (tertiary/aromatic N) is 3. The van der Waals surface area contributed by atoms with Crippen LogP contribution in [0.2, 0.25) is 0 Å². The van der Waals surface area contributed by atoms with Crippen LogP contribution in [0.5, 0.6) is 0 Å². The Hall–Kier alpha value is -2.51. The van der Waals surface area contributed by atoms with E-state index in [0.29, 0.717) is 18.3 Å². The molecule has 1 aliphatic heterocycles. The molecule has 1 amide bonds. The number of hydrogen-bond acceptors (Lipinski definition) is 5. The van der Waals surface area contributed by atoms with Crippen molar-refractivity contribution in [1.29, 1.82) is 0 Å². The molecule has 174 valence electrons. The molecule has 1 aliphatic rings. The Labute approximate surface area is 203 Å². The minimum atomic E-state index is 0.0426. The number of piperidine rings is 1. The summed E-state index contributed by atoms with van der Waals surface area (Å²) in [6.07, 6.45) is 2.55. The predicted octanol–water partition coefficient (Wildman–Crippen LogP) is 5.60. The second-order valence-electron chi connectivity index (χ2n) is 8.90. The first-order valence-electron chi connectivity index (χ1n) is 11.6. The van der Waals surface area contributed by atoms with Gasteiger partial charge in [-0.3, -0.25) is 9.69 Å². The van der Waals surface area contributed by atoms with Crippen LogP contribution >= 0.6 is 15.9 Å². The molecule has 7 heteroatoms. The molecule has 1 N–H and O–H groups in total. The number of aryl methyl sites for hydroxylation is 2. The van der Waals surface area contributed by atoms with Crippen molar-refractivity contribution in [1.82, 2.24) is 20.4 Å². The van der Waals surface area contributed by atoms with E-state index in [2.05, 4.69) is 75.3 Å². The van der Waals surface area contributed by atoms with Crippen molar-refractivity contribution in [2.45, 2.75) is 52.6 Å². The molecule has 0 aliphatic carbocycles. The molecule has 1 saturated heterocycles. The maximum Gasteiger partial charge on any atom is 0.241 e. The van der Waals surface area contributed by atoms with Gasteiger partial charge in [-0.05, 0) is 69.5 Å². The third-order valence-corrected chi connectivity index (χ3v) is 6.89.